The molecule has 42 heavy (non-hydrogen) atoms. The molecule has 0 spiro atoms. The van der Waals surface area contributed by atoms with Crippen LogP contribution in [0.4, 0.5) is 24.8 Å². The average molecular weight is 587 g/mol. The number of rotatable bonds is 7. The van der Waals surface area contributed by atoms with Crippen LogP contribution in [0.1, 0.15) is 73.0 Å². The van der Waals surface area contributed by atoms with Crippen LogP contribution < -0.4 is 5.32 Å². The molecule has 2 aromatic rings. The molecule has 5 rings (SSSR count). The SMILES string of the molecule is CN1CCC(N(C)C(=O)c2ccc(Nc3ncc(C(F)(F)F)c(C[C@@H]4CC[C@H](C(=O)N5CCCCC5)C4)n3)cc2)CC1. The van der Waals surface area contributed by atoms with Crippen molar-refractivity contribution in [1.82, 2.24) is 24.7 Å². The van der Waals surface area contributed by atoms with Gasteiger partial charge >= 0.3 is 6.18 Å². The van der Waals surface area contributed by atoms with E-state index in [1.807, 2.05) is 11.9 Å². The lowest BCUT2D eigenvalue weighted by Crippen LogP contribution is -2.44. The van der Waals surface area contributed by atoms with Gasteiger partial charge in [-0.25, -0.2) is 9.97 Å². The molecule has 0 radical (unpaired) electrons. The van der Waals surface area contributed by atoms with Gasteiger partial charge in [0.1, 0.15) is 0 Å². The standard InChI is InChI=1S/C31H41F3N6O2/c1-38-16-12-25(13-17-38)39(2)28(41)22-8-10-24(11-9-22)36-30-35-20-26(31(32,33)34)27(37-30)19-21-6-7-23(18-21)29(42)40-14-4-3-5-15-40/h8-11,20-21,23,25H,3-7,12-19H2,1-2H3,(H,35,36,37)/t21-,23+/m1/s1. The van der Waals surface area contributed by atoms with E-state index in [1.165, 1.54) is 0 Å². The maximum atomic E-state index is 13.9. The number of anilines is 2. The quantitative estimate of drug-likeness (QED) is 0.470. The number of amides is 2. The first kappa shape index (κ1) is 30.3. The zero-order valence-corrected chi connectivity index (χ0v) is 24.5. The summed E-state index contributed by atoms with van der Waals surface area (Å²) in [6.07, 6.45) is 3.44. The summed E-state index contributed by atoms with van der Waals surface area (Å²) in [5.41, 5.74) is 0.234. The fraction of sp³-hybridized carbons (Fsp3) is 0.613. The number of halogens is 3. The Kier molecular flexibility index (Phi) is 9.35. The molecule has 1 aromatic carbocycles. The molecule has 1 N–H and O–H groups in total. The maximum Gasteiger partial charge on any atom is 0.419 e. The second-order valence-electron chi connectivity index (χ2n) is 12.2. The van der Waals surface area contributed by atoms with Crippen LogP contribution in [0.2, 0.25) is 0 Å². The summed E-state index contributed by atoms with van der Waals surface area (Å²) in [4.78, 5) is 40.2. The highest BCUT2D eigenvalue weighted by Crippen LogP contribution is 2.38. The fourth-order valence-corrected chi connectivity index (χ4v) is 6.58. The molecule has 1 aliphatic carbocycles. The normalized spacial score (nSPS) is 22.3. The van der Waals surface area contributed by atoms with Crippen molar-refractivity contribution in [3.63, 3.8) is 0 Å². The first-order valence-electron chi connectivity index (χ1n) is 15.1. The van der Waals surface area contributed by atoms with E-state index < -0.39 is 11.7 Å². The Hall–Kier alpha value is -3.21. The van der Waals surface area contributed by atoms with Crippen LogP contribution >= 0.6 is 0 Å². The van der Waals surface area contributed by atoms with Gasteiger partial charge in [-0.05, 0) is 108 Å². The molecule has 8 nitrogen and oxygen atoms in total. The number of aromatic nitrogens is 2. The first-order valence-corrected chi connectivity index (χ1v) is 15.1. The van der Waals surface area contributed by atoms with Crippen LogP contribution in [0.25, 0.3) is 0 Å². The molecule has 0 unspecified atom stereocenters. The van der Waals surface area contributed by atoms with E-state index in [4.69, 9.17) is 0 Å². The molecule has 11 heteroatoms. The van der Waals surface area contributed by atoms with E-state index in [-0.39, 0.29) is 47.8 Å². The Bertz CT molecular complexity index is 1240. The smallest absolute Gasteiger partial charge is 0.342 e. The van der Waals surface area contributed by atoms with Crippen LogP contribution in [0.15, 0.2) is 30.5 Å². The van der Waals surface area contributed by atoms with Gasteiger partial charge in [0, 0.05) is 49.5 Å². The molecule has 228 valence electrons. The second-order valence-corrected chi connectivity index (χ2v) is 12.2. The van der Waals surface area contributed by atoms with Gasteiger partial charge in [-0.3, -0.25) is 9.59 Å². The number of carbonyl (C=O) groups is 2. The fourth-order valence-electron chi connectivity index (χ4n) is 6.58. The molecular formula is C31H41F3N6O2. The summed E-state index contributed by atoms with van der Waals surface area (Å²) >= 11 is 0. The van der Waals surface area contributed by atoms with Crippen molar-refractivity contribution >= 4 is 23.5 Å². The van der Waals surface area contributed by atoms with Crippen LogP contribution in [-0.4, -0.2) is 82.8 Å². The number of alkyl halides is 3. The maximum absolute atomic E-state index is 13.9. The van der Waals surface area contributed by atoms with Crippen molar-refractivity contribution in [2.75, 3.05) is 45.6 Å². The number of carbonyl (C=O) groups excluding carboxylic acids is 2. The van der Waals surface area contributed by atoms with E-state index in [0.717, 1.165) is 64.5 Å². The van der Waals surface area contributed by atoms with Gasteiger partial charge in [-0.15, -0.1) is 0 Å². The lowest BCUT2D eigenvalue weighted by Gasteiger charge is -2.35. The predicted molar refractivity (Wildman–Crippen MR) is 154 cm³/mol. The summed E-state index contributed by atoms with van der Waals surface area (Å²) in [6, 6.07) is 7.04. The van der Waals surface area contributed by atoms with E-state index >= 15 is 0 Å². The molecule has 2 saturated heterocycles. The number of nitrogens with one attached hydrogen (secondary N) is 1. The van der Waals surface area contributed by atoms with Crippen LogP contribution in [0.3, 0.4) is 0 Å². The van der Waals surface area contributed by atoms with Gasteiger partial charge in [-0.1, -0.05) is 0 Å². The van der Waals surface area contributed by atoms with Crippen molar-refractivity contribution < 1.29 is 22.8 Å². The Morgan fingerprint density at radius 2 is 1.69 bits per heavy atom. The molecule has 1 aromatic heterocycles. The molecule has 2 atom stereocenters. The van der Waals surface area contributed by atoms with Gasteiger partial charge in [0.05, 0.1) is 11.3 Å². The molecule has 1 saturated carbocycles. The molecule has 2 amide bonds. The minimum absolute atomic E-state index is 0.0422. The molecule has 3 heterocycles. The summed E-state index contributed by atoms with van der Waals surface area (Å²) in [7, 11) is 3.91. The molecular weight excluding hydrogens is 545 g/mol. The number of likely N-dealkylation sites (tertiary alicyclic amines) is 2. The third-order valence-corrected chi connectivity index (χ3v) is 9.16. The van der Waals surface area contributed by atoms with E-state index in [1.54, 1.807) is 29.2 Å². The number of nitrogens with zero attached hydrogens (tertiary/aromatic N) is 5. The third-order valence-electron chi connectivity index (χ3n) is 9.16. The van der Waals surface area contributed by atoms with Gasteiger partial charge in [0.2, 0.25) is 11.9 Å². The van der Waals surface area contributed by atoms with Gasteiger partial charge in [-0.2, -0.15) is 13.2 Å². The van der Waals surface area contributed by atoms with E-state index in [2.05, 4.69) is 27.2 Å². The Morgan fingerprint density at radius 1 is 1.00 bits per heavy atom. The van der Waals surface area contributed by atoms with Crippen LogP contribution in [-0.2, 0) is 17.4 Å². The number of benzene rings is 1. The highest BCUT2D eigenvalue weighted by atomic mass is 19.4. The Morgan fingerprint density at radius 3 is 2.36 bits per heavy atom. The lowest BCUT2D eigenvalue weighted by atomic mass is 9.96. The minimum Gasteiger partial charge on any atom is -0.342 e. The van der Waals surface area contributed by atoms with Gasteiger partial charge in [0.25, 0.3) is 5.91 Å². The van der Waals surface area contributed by atoms with Crippen molar-refractivity contribution in [2.24, 2.45) is 11.8 Å². The topological polar surface area (TPSA) is 81.7 Å². The van der Waals surface area contributed by atoms with E-state index in [9.17, 15) is 22.8 Å². The van der Waals surface area contributed by atoms with Crippen LogP contribution in [0.5, 0.6) is 0 Å². The number of hydrogen-bond donors (Lipinski definition) is 1. The first-order chi connectivity index (χ1) is 20.1. The molecule has 2 aliphatic heterocycles. The summed E-state index contributed by atoms with van der Waals surface area (Å²) < 4.78 is 41.6. The Balaban J connectivity index is 1.23. The molecule has 0 bridgehead atoms. The number of hydrogen-bond acceptors (Lipinski definition) is 6. The molecule has 3 fully saturated rings. The van der Waals surface area contributed by atoms with Crippen molar-refractivity contribution in [1.29, 1.82) is 0 Å². The minimum atomic E-state index is -4.57. The zero-order chi connectivity index (χ0) is 29.9. The predicted octanol–water partition coefficient (Wildman–Crippen LogP) is 5.38. The number of piperidine rings is 2. The Labute approximate surface area is 245 Å². The van der Waals surface area contributed by atoms with Crippen LogP contribution in [0, 0.1) is 11.8 Å². The highest BCUT2D eigenvalue weighted by molar-refractivity contribution is 5.94. The average Bonchev–Trinajstić information content (AvgIpc) is 3.45. The summed E-state index contributed by atoms with van der Waals surface area (Å²) in [5, 5.41) is 3.00. The summed E-state index contributed by atoms with van der Waals surface area (Å²) in [5.74, 6) is -0.00366. The van der Waals surface area contributed by atoms with E-state index in [0.29, 0.717) is 30.5 Å². The highest BCUT2D eigenvalue weighted by Gasteiger charge is 2.38. The third kappa shape index (κ3) is 7.22. The lowest BCUT2D eigenvalue weighted by molar-refractivity contribution is -0.139. The van der Waals surface area contributed by atoms with Gasteiger partial charge < -0.3 is 20.0 Å². The monoisotopic (exact) mass is 586 g/mol. The van der Waals surface area contributed by atoms with Gasteiger partial charge in [0.15, 0.2) is 0 Å². The van der Waals surface area contributed by atoms with Crippen molar-refractivity contribution in [2.45, 2.75) is 70.0 Å². The largest absolute Gasteiger partial charge is 0.419 e. The molecule has 3 aliphatic rings. The van der Waals surface area contributed by atoms with Crippen molar-refractivity contribution in [3.05, 3.63) is 47.3 Å². The zero-order valence-electron chi connectivity index (χ0n) is 24.5. The van der Waals surface area contributed by atoms with Crippen molar-refractivity contribution in [3.8, 4) is 0 Å². The summed E-state index contributed by atoms with van der Waals surface area (Å²) in [6.45, 7) is 3.48. The second kappa shape index (κ2) is 13.0.